The van der Waals surface area contributed by atoms with Crippen molar-refractivity contribution in [2.45, 2.75) is 83.0 Å². The van der Waals surface area contributed by atoms with Gasteiger partial charge in [0.1, 0.15) is 11.2 Å². The standard InChI is InChI=1S/C22H34N2O4/c1-21(2,3)27-20(26)24-5-4-17-12-23(13-18(17)24)19(25)28-22-9-14-6-15(10-22)8-16(7-14)11-22/h14-18H,4-13H2,1-3H3. The van der Waals surface area contributed by atoms with Gasteiger partial charge in [-0.3, -0.25) is 0 Å². The molecule has 0 radical (unpaired) electrons. The molecule has 0 aromatic heterocycles. The zero-order valence-corrected chi connectivity index (χ0v) is 17.5. The molecule has 0 aromatic carbocycles. The largest absolute Gasteiger partial charge is 0.444 e. The van der Waals surface area contributed by atoms with Crippen molar-refractivity contribution < 1.29 is 19.1 Å². The Morgan fingerprint density at radius 1 is 0.929 bits per heavy atom. The number of rotatable bonds is 1. The number of hydrogen-bond donors (Lipinski definition) is 0. The molecule has 2 atom stereocenters. The first-order chi connectivity index (χ1) is 13.2. The van der Waals surface area contributed by atoms with Crippen LogP contribution in [0, 0.1) is 23.7 Å². The van der Waals surface area contributed by atoms with Crippen LogP contribution in [0.3, 0.4) is 0 Å². The quantitative estimate of drug-likeness (QED) is 0.678. The number of fused-ring (bicyclic) bond motifs is 1. The molecule has 6 fully saturated rings. The van der Waals surface area contributed by atoms with Gasteiger partial charge in [-0.05, 0) is 83.5 Å². The maximum Gasteiger partial charge on any atom is 0.410 e. The molecule has 0 spiro atoms. The lowest BCUT2D eigenvalue weighted by molar-refractivity contribution is -0.133. The summed E-state index contributed by atoms with van der Waals surface area (Å²) in [4.78, 5) is 29.3. The maximum absolute atomic E-state index is 13.0. The molecule has 156 valence electrons. The summed E-state index contributed by atoms with van der Waals surface area (Å²) in [6, 6.07) is 0.0683. The van der Waals surface area contributed by atoms with Gasteiger partial charge in [0, 0.05) is 25.6 Å². The van der Waals surface area contributed by atoms with Gasteiger partial charge in [0.25, 0.3) is 0 Å². The highest BCUT2D eigenvalue weighted by molar-refractivity contribution is 5.71. The Kier molecular flexibility index (Phi) is 4.15. The average molecular weight is 391 g/mol. The first-order valence-corrected chi connectivity index (χ1v) is 11.2. The summed E-state index contributed by atoms with van der Waals surface area (Å²) in [5.74, 6) is 2.63. The summed E-state index contributed by atoms with van der Waals surface area (Å²) >= 11 is 0. The van der Waals surface area contributed by atoms with Crippen molar-refractivity contribution in [3.8, 4) is 0 Å². The van der Waals surface area contributed by atoms with Crippen LogP contribution in [0.4, 0.5) is 9.59 Å². The third-order valence-electron chi connectivity index (χ3n) is 7.72. The van der Waals surface area contributed by atoms with Gasteiger partial charge in [0.15, 0.2) is 0 Å². The van der Waals surface area contributed by atoms with Gasteiger partial charge in [-0.15, -0.1) is 0 Å². The van der Waals surface area contributed by atoms with Gasteiger partial charge >= 0.3 is 12.2 Å². The maximum atomic E-state index is 13.0. The average Bonchev–Trinajstić information content (AvgIpc) is 3.11. The lowest BCUT2D eigenvalue weighted by Gasteiger charge is -2.55. The molecule has 28 heavy (non-hydrogen) atoms. The van der Waals surface area contributed by atoms with Crippen LogP contribution in [-0.2, 0) is 9.47 Å². The molecule has 2 unspecified atom stereocenters. The van der Waals surface area contributed by atoms with Gasteiger partial charge in [0.2, 0.25) is 0 Å². The molecule has 6 aliphatic rings. The fourth-order valence-electron chi connectivity index (χ4n) is 7.06. The zero-order chi connectivity index (χ0) is 19.7. The van der Waals surface area contributed by atoms with Gasteiger partial charge in [-0.2, -0.15) is 0 Å². The number of carbonyl (C=O) groups excluding carboxylic acids is 2. The Morgan fingerprint density at radius 3 is 2.11 bits per heavy atom. The molecule has 0 N–H and O–H groups in total. The molecule has 2 heterocycles. The normalized spacial score (nSPS) is 41.3. The van der Waals surface area contributed by atoms with Gasteiger partial charge in [-0.25, -0.2) is 9.59 Å². The van der Waals surface area contributed by atoms with Crippen molar-refractivity contribution >= 4 is 12.2 Å². The molecule has 6 nitrogen and oxygen atoms in total. The van der Waals surface area contributed by atoms with Gasteiger partial charge in [0.05, 0.1) is 6.04 Å². The highest BCUT2D eigenvalue weighted by atomic mass is 16.6. The van der Waals surface area contributed by atoms with E-state index in [-0.39, 0.29) is 23.8 Å². The van der Waals surface area contributed by atoms with Crippen molar-refractivity contribution in [2.24, 2.45) is 23.7 Å². The van der Waals surface area contributed by atoms with Crippen LogP contribution in [0.15, 0.2) is 0 Å². The predicted molar refractivity (Wildman–Crippen MR) is 104 cm³/mol. The Labute approximate surface area is 167 Å². The molecule has 2 aliphatic heterocycles. The Bertz CT molecular complexity index is 635. The first kappa shape index (κ1) is 18.6. The molecule has 0 aromatic rings. The van der Waals surface area contributed by atoms with Crippen LogP contribution in [0.2, 0.25) is 0 Å². The molecular formula is C22H34N2O4. The molecule has 2 amide bonds. The zero-order valence-electron chi connectivity index (χ0n) is 17.5. The van der Waals surface area contributed by atoms with Crippen LogP contribution in [0.25, 0.3) is 0 Å². The van der Waals surface area contributed by atoms with Crippen LogP contribution < -0.4 is 0 Å². The second kappa shape index (κ2) is 6.27. The number of hydrogen-bond acceptors (Lipinski definition) is 4. The van der Waals surface area contributed by atoms with Gasteiger partial charge in [-0.1, -0.05) is 0 Å². The minimum Gasteiger partial charge on any atom is -0.444 e. The third-order valence-corrected chi connectivity index (χ3v) is 7.72. The second-order valence-electron chi connectivity index (χ2n) is 11.2. The minimum absolute atomic E-state index is 0.0683. The Hall–Kier alpha value is -1.46. The predicted octanol–water partition coefficient (Wildman–Crippen LogP) is 4.03. The fourth-order valence-corrected chi connectivity index (χ4v) is 7.06. The summed E-state index contributed by atoms with van der Waals surface area (Å²) in [7, 11) is 0. The van der Waals surface area contributed by atoms with Crippen LogP contribution in [-0.4, -0.2) is 58.9 Å². The van der Waals surface area contributed by atoms with Crippen molar-refractivity contribution in [3.63, 3.8) is 0 Å². The molecule has 4 aliphatic carbocycles. The van der Waals surface area contributed by atoms with Crippen LogP contribution in [0.1, 0.15) is 65.7 Å². The topological polar surface area (TPSA) is 59.1 Å². The third kappa shape index (κ3) is 3.26. The van der Waals surface area contributed by atoms with E-state index in [1.54, 1.807) is 0 Å². The van der Waals surface area contributed by atoms with Crippen molar-refractivity contribution in [1.29, 1.82) is 0 Å². The Balaban J connectivity index is 1.22. The molecule has 6 heteroatoms. The van der Waals surface area contributed by atoms with E-state index >= 15 is 0 Å². The second-order valence-corrected chi connectivity index (χ2v) is 11.2. The van der Waals surface area contributed by atoms with Crippen molar-refractivity contribution in [3.05, 3.63) is 0 Å². The highest BCUT2D eigenvalue weighted by Gasteiger charge is 2.54. The summed E-state index contributed by atoms with van der Waals surface area (Å²) in [5.41, 5.74) is -0.695. The van der Waals surface area contributed by atoms with Gasteiger partial charge < -0.3 is 19.3 Å². The van der Waals surface area contributed by atoms with E-state index in [0.717, 1.165) is 50.0 Å². The lowest BCUT2D eigenvalue weighted by atomic mass is 9.54. The molecule has 4 saturated carbocycles. The van der Waals surface area contributed by atoms with Crippen molar-refractivity contribution in [1.82, 2.24) is 9.80 Å². The lowest BCUT2D eigenvalue weighted by Crippen LogP contribution is -2.54. The fraction of sp³-hybridized carbons (Fsp3) is 0.909. The smallest absolute Gasteiger partial charge is 0.410 e. The number of amides is 2. The monoisotopic (exact) mass is 390 g/mol. The van der Waals surface area contributed by atoms with E-state index in [9.17, 15) is 9.59 Å². The van der Waals surface area contributed by atoms with Crippen LogP contribution >= 0.6 is 0 Å². The number of nitrogens with zero attached hydrogens (tertiary/aromatic N) is 2. The first-order valence-electron chi connectivity index (χ1n) is 11.2. The summed E-state index contributed by atoms with van der Waals surface area (Å²) in [6.45, 7) is 7.68. The van der Waals surface area contributed by atoms with E-state index in [2.05, 4.69) is 0 Å². The minimum atomic E-state index is -0.495. The van der Waals surface area contributed by atoms with E-state index in [1.807, 2.05) is 30.6 Å². The van der Waals surface area contributed by atoms with E-state index in [0.29, 0.717) is 19.0 Å². The SMILES string of the molecule is CC(C)(C)OC(=O)N1CCC2CN(C(=O)OC34CC5CC(CC(C5)C3)C4)CC21. The number of carbonyl (C=O) groups is 2. The highest BCUT2D eigenvalue weighted by Crippen LogP contribution is 2.57. The molecular weight excluding hydrogens is 356 g/mol. The van der Waals surface area contributed by atoms with E-state index in [1.165, 1.54) is 19.3 Å². The molecule has 2 saturated heterocycles. The number of likely N-dealkylation sites (tertiary alicyclic amines) is 2. The van der Waals surface area contributed by atoms with E-state index < -0.39 is 5.60 Å². The van der Waals surface area contributed by atoms with Crippen molar-refractivity contribution in [2.75, 3.05) is 19.6 Å². The number of ether oxygens (including phenoxy) is 2. The van der Waals surface area contributed by atoms with Crippen LogP contribution in [0.5, 0.6) is 0 Å². The summed E-state index contributed by atoms with van der Waals surface area (Å²) in [6.07, 6.45) is 7.75. The molecule has 6 rings (SSSR count). The van der Waals surface area contributed by atoms with E-state index in [4.69, 9.17) is 9.47 Å². The summed E-state index contributed by atoms with van der Waals surface area (Å²) < 4.78 is 11.8. The Morgan fingerprint density at radius 2 is 1.54 bits per heavy atom. The summed E-state index contributed by atoms with van der Waals surface area (Å²) in [5, 5.41) is 0. The molecule has 4 bridgehead atoms.